The van der Waals surface area contributed by atoms with Gasteiger partial charge in [0.05, 0.1) is 5.60 Å². The zero-order valence-electron chi connectivity index (χ0n) is 15.8. The number of aliphatic hydroxyl groups excluding tert-OH is 1. The first-order valence-corrected chi connectivity index (χ1v) is 9.92. The molecule has 7 nitrogen and oxygen atoms in total. The summed E-state index contributed by atoms with van der Waals surface area (Å²) < 4.78 is 17.5. The molecule has 4 fully saturated rings. The highest BCUT2D eigenvalue weighted by molar-refractivity contribution is 5.92. The zero-order chi connectivity index (χ0) is 19.2. The molecule has 0 unspecified atom stereocenters. The molecule has 0 radical (unpaired) electrons. The minimum Gasteiger partial charge on any atom is -0.458 e. The van der Waals surface area contributed by atoms with Crippen LogP contribution < -0.4 is 0 Å². The van der Waals surface area contributed by atoms with Crippen molar-refractivity contribution < 1.29 is 34.3 Å². The van der Waals surface area contributed by atoms with Gasteiger partial charge in [0.1, 0.15) is 36.1 Å². The topological polar surface area (TPSA) is 112 Å². The summed E-state index contributed by atoms with van der Waals surface area (Å²) in [4.78, 5) is 12.0. The Bertz CT molecular complexity index is 814. The molecule has 1 spiro atoms. The van der Waals surface area contributed by atoms with E-state index in [1.54, 1.807) is 13.8 Å². The quantitative estimate of drug-likeness (QED) is 0.441. The molecule has 27 heavy (non-hydrogen) atoms. The van der Waals surface area contributed by atoms with Gasteiger partial charge in [-0.25, -0.2) is 4.79 Å². The summed E-state index contributed by atoms with van der Waals surface area (Å²) in [6.07, 6.45) is 0.259. The lowest BCUT2D eigenvalue weighted by molar-refractivity contribution is -0.230. The summed E-state index contributed by atoms with van der Waals surface area (Å²) in [7, 11) is 0. The van der Waals surface area contributed by atoms with Gasteiger partial charge in [-0.2, -0.15) is 0 Å². The van der Waals surface area contributed by atoms with Crippen LogP contribution in [0.3, 0.4) is 0 Å². The molecule has 2 saturated carbocycles. The third kappa shape index (κ3) is 1.47. The van der Waals surface area contributed by atoms with Gasteiger partial charge in [-0.3, -0.25) is 0 Å². The number of fused-ring (bicyclic) bond motifs is 4. The number of carbonyl (C=O) groups is 1. The number of hydrogen-bond acceptors (Lipinski definition) is 7. The van der Waals surface area contributed by atoms with Crippen LogP contribution in [-0.4, -0.2) is 68.6 Å². The Hall–Kier alpha value is -0.990. The van der Waals surface area contributed by atoms with Crippen molar-refractivity contribution in [2.24, 2.45) is 11.3 Å². The summed E-state index contributed by atoms with van der Waals surface area (Å²) in [6.45, 7) is 5.66. The molecule has 0 aromatic carbocycles. The highest BCUT2D eigenvalue weighted by Crippen LogP contribution is 2.77. The zero-order valence-corrected chi connectivity index (χ0v) is 15.8. The molecule has 0 bridgehead atoms. The molecule has 0 aromatic rings. The van der Waals surface area contributed by atoms with Gasteiger partial charge in [-0.15, -0.1) is 0 Å². The highest BCUT2D eigenvalue weighted by Gasteiger charge is 2.95. The maximum atomic E-state index is 12.0. The van der Waals surface area contributed by atoms with E-state index in [9.17, 15) is 20.1 Å². The number of cyclic esters (lactones) is 1. The van der Waals surface area contributed by atoms with E-state index in [-0.39, 0.29) is 18.0 Å². The lowest BCUT2D eigenvalue weighted by Gasteiger charge is -2.59. The van der Waals surface area contributed by atoms with Crippen LogP contribution in [0.2, 0.25) is 0 Å². The van der Waals surface area contributed by atoms with Crippen molar-refractivity contribution in [3.05, 3.63) is 11.1 Å². The Labute approximate surface area is 157 Å². The average molecular weight is 378 g/mol. The van der Waals surface area contributed by atoms with Gasteiger partial charge in [-0.05, 0) is 51.0 Å². The monoisotopic (exact) mass is 378 g/mol. The minimum atomic E-state index is -1.49. The van der Waals surface area contributed by atoms with E-state index in [4.69, 9.17) is 14.2 Å². The number of esters is 1. The number of aliphatic hydroxyl groups is 3. The molecule has 3 heterocycles. The molecule has 6 aliphatic rings. The number of epoxide rings is 2. The fourth-order valence-electron chi connectivity index (χ4n) is 7.40. The van der Waals surface area contributed by atoms with E-state index in [2.05, 4.69) is 6.92 Å². The van der Waals surface area contributed by atoms with Gasteiger partial charge in [0, 0.05) is 11.0 Å². The maximum Gasteiger partial charge on any atom is 0.334 e. The van der Waals surface area contributed by atoms with Crippen LogP contribution in [0.15, 0.2) is 11.1 Å². The van der Waals surface area contributed by atoms with E-state index in [1.165, 1.54) is 0 Å². The molecule has 0 amide bonds. The Morgan fingerprint density at radius 3 is 2.63 bits per heavy atom. The van der Waals surface area contributed by atoms with Gasteiger partial charge in [0.2, 0.25) is 0 Å². The summed E-state index contributed by atoms with van der Waals surface area (Å²) in [5, 5.41) is 33.8. The van der Waals surface area contributed by atoms with Crippen molar-refractivity contribution in [2.75, 3.05) is 6.61 Å². The Balaban J connectivity index is 1.47. The molecule has 8 atom stereocenters. The molecule has 7 heteroatoms. The second-order valence-corrected chi connectivity index (χ2v) is 10.1. The van der Waals surface area contributed by atoms with Crippen LogP contribution in [0.4, 0.5) is 0 Å². The predicted octanol–water partition coefficient (Wildman–Crippen LogP) is 0.202. The van der Waals surface area contributed by atoms with Gasteiger partial charge in [0.25, 0.3) is 0 Å². The molecule has 3 aliphatic heterocycles. The first-order chi connectivity index (χ1) is 12.5. The molecule has 148 valence electrons. The number of carbonyl (C=O) groups excluding carboxylic acids is 1. The van der Waals surface area contributed by atoms with Gasteiger partial charge < -0.3 is 29.5 Å². The van der Waals surface area contributed by atoms with Gasteiger partial charge >= 0.3 is 5.97 Å². The Morgan fingerprint density at radius 2 is 1.93 bits per heavy atom. The van der Waals surface area contributed by atoms with Crippen molar-refractivity contribution >= 4 is 5.97 Å². The van der Waals surface area contributed by atoms with Crippen molar-refractivity contribution in [2.45, 2.75) is 87.2 Å². The third-order valence-corrected chi connectivity index (χ3v) is 8.82. The van der Waals surface area contributed by atoms with Gasteiger partial charge in [0.15, 0.2) is 5.60 Å². The summed E-state index contributed by atoms with van der Waals surface area (Å²) in [6, 6.07) is 0. The standard InChI is InChI=1S/C20H26O7/c1-16(2,23)19-12(26-19)13-20(27-13)17(3)6-4-9-10(8-25-14(9)21)11(17)5-7-18(20,24)15(19)22/h11-13,15,22-24H,4-8H2,1-3H3/t11-,12-,13+,15-,17-,18+,19-,20+/m0/s1. The Kier molecular flexibility index (Phi) is 2.68. The van der Waals surface area contributed by atoms with Crippen LogP contribution in [0.5, 0.6) is 0 Å². The molecule has 3 aliphatic carbocycles. The second kappa shape index (κ2) is 4.28. The smallest absolute Gasteiger partial charge is 0.334 e. The summed E-state index contributed by atoms with van der Waals surface area (Å²) >= 11 is 0. The van der Waals surface area contributed by atoms with E-state index in [1.807, 2.05) is 0 Å². The van der Waals surface area contributed by atoms with Crippen molar-refractivity contribution in [1.82, 2.24) is 0 Å². The number of rotatable bonds is 1. The fourth-order valence-corrected chi connectivity index (χ4v) is 7.40. The van der Waals surface area contributed by atoms with E-state index >= 15 is 0 Å². The maximum absolute atomic E-state index is 12.0. The predicted molar refractivity (Wildman–Crippen MR) is 90.5 cm³/mol. The number of ether oxygens (including phenoxy) is 3. The lowest BCUT2D eigenvalue weighted by atomic mass is 9.45. The Morgan fingerprint density at radius 1 is 1.19 bits per heavy atom. The molecular formula is C20H26O7. The summed E-state index contributed by atoms with van der Waals surface area (Å²) in [5.74, 6) is -0.132. The largest absolute Gasteiger partial charge is 0.458 e. The fraction of sp³-hybridized carbons (Fsp3) is 0.850. The normalized spacial score (nSPS) is 57.8. The van der Waals surface area contributed by atoms with Crippen molar-refractivity contribution in [3.8, 4) is 0 Å². The van der Waals surface area contributed by atoms with Crippen LogP contribution in [-0.2, 0) is 19.0 Å². The van der Waals surface area contributed by atoms with Crippen LogP contribution in [0.1, 0.15) is 46.5 Å². The average Bonchev–Trinajstić information content (AvgIpc) is 3.46. The van der Waals surface area contributed by atoms with E-state index in [0.29, 0.717) is 32.3 Å². The molecule has 0 aromatic heterocycles. The first kappa shape index (κ1) is 16.9. The van der Waals surface area contributed by atoms with Crippen molar-refractivity contribution in [1.29, 1.82) is 0 Å². The third-order valence-electron chi connectivity index (χ3n) is 8.82. The van der Waals surface area contributed by atoms with Crippen LogP contribution >= 0.6 is 0 Å². The molecular weight excluding hydrogens is 352 g/mol. The lowest BCUT2D eigenvalue weighted by Crippen LogP contribution is -2.75. The van der Waals surface area contributed by atoms with Crippen molar-refractivity contribution in [3.63, 3.8) is 0 Å². The minimum absolute atomic E-state index is 0.0820. The summed E-state index contributed by atoms with van der Waals surface area (Å²) in [5.41, 5.74) is -3.47. The molecule has 6 rings (SSSR count). The van der Waals surface area contributed by atoms with E-state index in [0.717, 1.165) is 11.1 Å². The first-order valence-electron chi connectivity index (χ1n) is 9.92. The van der Waals surface area contributed by atoms with Gasteiger partial charge in [-0.1, -0.05) is 6.92 Å². The molecule has 3 N–H and O–H groups in total. The van der Waals surface area contributed by atoms with Crippen LogP contribution in [0, 0.1) is 11.3 Å². The van der Waals surface area contributed by atoms with E-state index < -0.39 is 40.0 Å². The van der Waals surface area contributed by atoms with Crippen LogP contribution in [0.25, 0.3) is 0 Å². The highest BCUT2D eigenvalue weighted by atomic mass is 16.7. The number of hydrogen-bond donors (Lipinski definition) is 3. The SMILES string of the molecule is CC(C)(O)[C@]12O[C@H]1[C@H]1O[C@@]13[C@@]1(C)CCC4=C(COC4=O)[C@@H]1CC[C@@]3(O)[C@@H]2O. The second-order valence-electron chi connectivity index (χ2n) is 10.1. The molecule has 2 saturated heterocycles.